The van der Waals surface area contributed by atoms with Crippen LogP contribution >= 0.6 is 0 Å². The normalized spacial score (nSPS) is 10.0. The van der Waals surface area contributed by atoms with Gasteiger partial charge in [-0.2, -0.15) is 0 Å². The molecule has 0 radical (unpaired) electrons. The summed E-state index contributed by atoms with van der Waals surface area (Å²) in [6.45, 7) is 7.17. The molecule has 4 aromatic rings. The molecule has 26 nitrogen and oxygen atoms in total. The van der Waals surface area contributed by atoms with Crippen LogP contribution in [0, 0.1) is 0 Å². The van der Waals surface area contributed by atoms with Gasteiger partial charge in [-0.05, 0) is 70.1 Å². The second-order valence-corrected chi connectivity index (χ2v) is 16.1. The van der Waals surface area contributed by atoms with E-state index in [-0.39, 0.29) is 43.9 Å². The van der Waals surface area contributed by atoms with Crippen molar-refractivity contribution in [1.29, 1.82) is 0 Å². The van der Waals surface area contributed by atoms with Crippen LogP contribution in [0.3, 0.4) is 0 Å². The molecule has 4 aromatic carbocycles. The third kappa shape index (κ3) is 39.8. The average Bonchev–Trinajstić information content (AvgIpc) is 3.22. The molecule has 0 saturated carbocycles. The molecule has 0 fully saturated rings. The molecule has 64 heavy (non-hydrogen) atoms. The maximum Gasteiger partial charge on any atom is 2.00 e. The number of hydrogen-bond donors (Lipinski definition) is 12. The van der Waals surface area contributed by atoms with Crippen molar-refractivity contribution >= 4 is 62.0 Å². The molecule has 32 heteroatoms. The van der Waals surface area contributed by atoms with Gasteiger partial charge in [0.05, 0.1) is 19.6 Å². The van der Waals surface area contributed by atoms with Crippen LogP contribution in [0.15, 0.2) is 92.4 Å². The monoisotopic (exact) mass is 1080 g/mol. The maximum absolute atomic E-state index is 10.8. The minimum Gasteiger partial charge on any atom is -0.744 e. The fourth-order valence-corrected chi connectivity index (χ4v) is 5.05. The van der Waals surface area contributed by atoms with Gasteiger partial charge in [0, 0.05) is 78.5 Å². The molecule has 0 unspecified atom stereocenters. The summed E-state index contributed by atoms with van der Waals surface area (Å²) in [5, 5.41) is 1.44. The predicted octanol–water partition coefficient (Wildman–Crippen LogP) is -6.94. The smallest absolute Gasteiger partial charge is 0.744 e. The molecule has 0 aliphatic heterocycles. The fourth-order valence-electron chi connectivity index (χ4n) is 3.03. The van der Waals surface area contributed by atoms with Gasteiger partial charge in [-0.15, -0.1) is 0 Å². The van der Waals surface area contributed by atoms with E-state index in [0.717, 1.165) is 48.5 Å². The third-order valence-corrected chi connectivity index (χ3v) is 9.05. The van der Waals surface area contributed by atoms with E-state index in [1.165, 1.54) is 24.3 Å². The molecule has 0 aromatic heterocycles. The standard InChI is InChI=1S/2C10H8O6S2.6C2H8N2.2Ni.2H2O/c2*11-17(12,13)9-3-1-7-5-10(18(14,15)16)4-2-8(7)6-9;6*3-1-2-4;;;;/h2*1-6H,(H,11,12,13)(H,14,15,16);6*1-4H2;;;2*1H2/q;;;;;;;;2*+2;;/p-4. The van der Waals surface area contributed by atoms with Crippen molar-refractivity contribution in [2.45, 2.75) is 19.6 Å². The molecule has 0 atom stereocenters. The van der Waals surface area contributed by atoms with E-state index < -0.39 is 60.1 Å². The summed E-state index contributed by atoms with van der Waals surface area (Å²) in [5.74, 6) is 0. The van der Waals surface area contributed by atoms with Gasteiger partial charge in [-0.3, -0.25) is 0 Å². The Morgan fingerprint density at radius 2 is 0.391 bits per heavy atom. The Bertz CT molecular complexity index is 1880. The first-order valence-corrected chi connectivity index (χ1v) is 22.8. The second-order valence-electron chi connectivity index (χ2n) is 10.6. The van der Waals surface area contributed by atoms with Gasteiger partial charge in [0.15, 0.2) is 0 Å². The third-order valence-electron chi connectivity index (χ3n) is 5.72. The molecule has 0 amide bonds. The first-order valence-electron chi connectivity index (χ1n) is 17.2. The van der Waals surface area contributed by atoms with E-state index in [4.69, 9.17) is 68.8 Å². The van der Waals surface area contributed by atoms with Crippen molar-refractivity contribution in [1.82, 2.24) is 0 Å². The Morgan fingerprint density at radius 1 is 0.281 bits per heavy atom. The SMILES string of the molecule is NCCN.NCCN.NCCN.NCCN.NCCN.NCCN.O.O.O=S(=O)([O-])c1ccc2cc(S(=O)(=O)[O-])ccc2c1.O=S(=O)([O-])c1ccc2cc(S(=O)(=O)[O-])ccc2c1.[Ni+2].[Ni+2]. The summed E-state index contributed by atoms with van der Waals surface area (Å²) in [7, 11) is -18.3. The quantitative estimate of drug-likeness (QED) is 0.0519. The molecular weight excluding hydrogens is 1020 g/mol. The summed E-state index contributed by atoms with van der Waals surface area (Å²) < 4.78 is 130. The number of fused-ring (bicyclic) bond motifs is 2. The molecule has 4 rings (SSSR count). The number of rotatable bonds is 10. The van der Waals surface area contributed by atoms with Crippen molar-refractivity contribution in [2.24, 2.45) is 68.8 Å². The molecule has 0 saturated heterocycles. The summed E-state index contributed by atoms with van der Waals surface area (Å²) in [6, 6.07) is 13.8. The van der Waals surface area contributed by atoms with E-state index in [0.29, 0.717) is 100 Å². The minimum atomic E-state index is -4.56. The van der Waals surface area contributed by atoms with Gasteiger partial charge in [-0.1, -0.05) is 24.3 Å². The Morgan fingerprint density at radius 3 is 0.469 bits per heavy atom. The molecule has 0 bridgehead atoms. The Hall–Kier alpha value is -2.53. The summed E-state index contributed by atoms with van der Waals surface area (Å²) in [4.78, 5) is -1.64. The van der Waals surface area contributed by atoms with Gasteiger partial charge in [0.25, 0.3) is 0 Å². The number of benzene rings is 4. The summed E-state index contributed by atoms with van der Waals surface area (Å²) >= 11 is 0. The van der Waals surface area contributed by atoms with Crippen molar-refractivity contribution in [3.8, 4) is 0 Å². The molecule has 0 spiro atoms. The Balaban J connectivity index is -0.000000105. The molecule has 0 heterocycles. The zero-order valence-corrected chi connectivity index (χ0v) is 39.7. The summed E-state index contributed by atoms with van der Waals surface area (Å²) in [6.07, 6.45) is 0. The van der Waals surface area contributed by atoms with E-state index in [9.17, 15) is 51.9 Å². The van der Waals surface area contributed by atoms with Crippen LogP contribution in [0.25, 0.3) is 21.5 Å². The van der Waals surface area contributed by atoms with E-state index >= 15 is 0 Å². The Labute approximate surface area is 395 Å². The minimum absolute atomic E-state index is 0. The van der Waals surface area contributed by atoms with Crippen molar-refractivity contribution in [3.63, 3.8) is 0 Å². The second kappa shape index (κ2) is 44.3. The van der Waals surface area contributed by atoms with E-state index in [1.54, 1.807) is 0 Å². The van der Waals surface area contributed by atoms with Gasteiger partial charge in [-0.25, -0.2) is 33.7 Å². The maximum atomic E-state index is 10.8. The first kappa shape index (κ1) is 78.6. The topological polar surface area (TPSA) is 604 Å². The fraction of sp³-hybridized carbons (Fsp3) is 0.375. The van der Waals surface area contributed by atoms with Crippen LogP contribution in [0.1, 0.15) is 0 Å². The zero-order valence-electron chi connectivity index (χ0n) is 34.5. The van der Waals surface area contributed by atoms with Gasteiger partial charge in [0.1, 0.15) is 40.5 Å². The number of nitrogens with two attached hydrogens (primary N) is 12. The molecule has 0 aliphatic rings. The van der Waals surface area contributed by atoms with Crippen LogP contribution < -0.4 is 68.8 Å². The molecular formula is C32H64N12Ni2O14S4. The number of hydrogen-bond acceptors (Lipinski definition) is 24. The van der Waals surface area contributed by atoms with Crippen molar-refractivity contribution < 1.29 is 95.8 Å². The van der Waals surface area contributed by atoms with Gasteiger partial charge in [0.2, 0.25) is 0 Å². The molecule has 0 aliphatic carbocycles. The Kier molecular flexibility index (Phi) is 54.4. The predicted molar refractivity (Wildman–Crippen MR) is 236 cm³/mol. The summed E-state index contributed by atoms with van der Waals surface area (Å²) in [5.41, 5.74) is 58.8. The van der Waals surface area contributed by atoms with Crippen LogP contribution in [-0.2, 0) is 73.5 Å². The molecule has 380 valence electrons. The molecule has 28 N–H and O–H groups in total. The van der Waals surface area contributed by atoms with Gasteiger partial charge < -0.3 is 98.0 Å². The van der Waals surface area contributed by atoms with E-state index in [2.05, 4.69) is 0 Å². The van der Waals surface area contributed by atoms with Crippen LogP contribution in [0.5, 0.6) is 0 Å². The van der Waals surface area contributed by atoms with Crippen LogP contribution in [-0.4, -0.2) is 141 Å². The van der Waals surface area contributed by atoms with Crippen LogP contribution in [0.4, 0.5) is 0 Å². The van der Waals surface area contributed by atoms with Crippen LogP contribution in [0.2, 0.25) is 0 Å². The zero-order chi connectivity index (χ0) is 47.6. The van der Waals surface area contributed by atoms with Crippen molar-refractivity contribution in [3.05, 3.63) is 72.8 Å². The largest absolute Gasteiger partial charge is 2.00 e. The average molecular weight is 1090 g/mol. The van der Waals surface area contributed by atoms with E-state index in [1.807, 2.05) is 0 Å². The van der Waals surface area contributed by atoms with Gasteiger partial charge >= 0.3 is 33.0 Å². The first-order chi connectivity index (χ1) is 27.8. The van der Waals surface area contributed by atoms with Crippen molar-refractivity contribution in [2.75, 3.05) is 78.5 Å².